The zero-order valence-electron chi connectivity index (χ0n) is 9.23. The highest BCUT2D eigenvalue weighted by Crippen LogP contribution is 2.15. The van der Waals surface area contributed by atoms with Crippen molar-refractivity contribution in [1.82, 2.24) is 4.72 Å². The lowest BCUT2D eigenvalue weighted by molar-refractivity contribution is 0.153. The molecule has 0 aliphatic carbocycles. The second-order valence-electron chi connectivity index (χ2n) is 3.60. The van der Waals surface area contributed by atoms with Crippen molar-refractivity contribution < 1.29 is 17.2 Å². The minimum absolute atomic E-state index is 0.0621. The fourth-order valence-corrected chi connectivity index (χ4v) is 2.28. The molecule has 0 bridgehead atoms. The van der Waals surface area contributed by atoms with E-state index in [1.54, 1.807) is 13.0 Å². The molecule has 0 fully saturated rings. The molecule has 0 aromatic heterocycles. The summed E-state index contributed by atoms with van der Waals surface area (Å²) in [5.74, 6) is 0. The monoisotopic (exact) mass is 264 g/mol. The van der Waals surface area contributed by atoms with E-state index in [0.29, 0.717) is 5.56 Å². The lowest BCUT2D eigenvalue weighted by atomic mass is 10.1. The van der Waals surface area contributed by atoms with Gasteiger partial charge in [0, 0.05) is 6.04 Å². The maximum Gasteiger partial charge on any atom is 0.251 e. The largest absolute Gasteiger partial charge is 0.324 e. The molecule has 0 aliphatic heterocycles. The summed E-state index contributed by atoms with van der Waals surface area (Å²) in [6.07, 6.45) is -2.72. The molecule has 96 valence electrons. The molecule has 0 saturated carbocycles. The van der Waals surface area contributed by atoms with Crippen LogP contribution in [0.5, 0.6) is 0 Å². The Morgan fingerprint density at radius 3 is 2.59 bits per heavy atom. The molecule has 0 radical (unpaired) electrons. The highest BCUT2D eigenvalue weighted by atomic mass is 32.2. The van der Waals surface area contributed by atoms with Crippen LogP contribution >= 0.6 is 0 Å². The van der Waals surface area contributed by atoms with Gasteiger partial charge in [-0.3, -0.25) is 0 Å². The van der Waals surface area contributed by atoms with Crippen molar-refractivity contribution in [3.05, 3.63) is 29.8 Å². The van der Waals surface area contributed by atoms with Gasteiger partial charge < -0.3 is 5.73 Å². The van der Waals surface area contributed by atoms with Gasteiger partial charge in [0.05, 0.1) is 11.4 Å². The van der Waals surface area contributed by atoms with Crippen molar-refractivity contribution in [2.75, 3.05) is 6.54 Å². The van der Waals surface area contributed by atoms with E-state index in [4.69, 9.17) is 5.73 Å². The van der Waals surface area contributed by atoms with Gasteiger partial charge in [-0.2, -0.15) is 0 Å². The Labute approximate surface area is 98.9 Å². The maximum atomic E-state index is 11.9. The van der Waals surface area contributed by atoms with Gasteiger partial charge in [-0.25, -0.2) is 21.9 Å². The number of nitrogens with one attached hydrogen (secondary N) is 1. The van der Waals surface area contributed by atoms with Crippen molar-refractivity contribution in [3.63, 3.8) is 0 Å². The summed E-state index contributed by atoms with van der Waals surface area (Å²) in [5, 5.41) is 0. The van der Waals surface area contributed by atoms with Gasteiger partial charge in [0.1, 0.15) is 0 Å². The van der Waals surface area contributed by atoms with Crippen molar-refractivity contribution in [1.29, 1.82) is 0 Å². The molecule has 1 aromatic carbocycles. The Hall–Kier alpha value is -1.05. The number of hydrogen-bond donors (Lipinski definition) is 2. The standard InChI is InChI=1S/C10H14F2N2O2S/c1-7(13)8-3-2-4-9(5-8)17(15,16)14-6-10(11)12/h2-5,7,10,14H,6,13H2,1H3. The summed E-state index contributed by atoms with van der Waals surface area (Å²) >= 11 is 0. The van der Waals surface area contributed by atoms with Crippen LogP contribution in [0, 0.1) is 0 Å². The van der Waals surface area contributed by atoms with Crippen LogP contribution in [0.25, 0.3) is 0 Å². The van der Waals surface area contributed by atoms with Crippen LogP contribution < -0.4 is 10.5 Å². The van der Waals surface area contributed by atoms with E-state index in [1.807, 2.05) is 4.72 Å². The van der Waals surface area contributed by atoms with Gasteiger partial charge in [-0.15, -0.1) is 0 Å². The van der Waals surface area contributed by atoms with Crippen molar-refractivity contribution in [2.24, 2.45) is 5.73 Å². The number of hydrogen-bond acceptors (Lipinski definition) is 3. The predicted molar refractivity (Wildman–Crippen MR) is 60.2 cm³/mol. The smallest absolute Gasteiger partial charge is 0.251 e. The minimum Gasteiger partial charge on any atom is -0.324 e. The number of rotatable bonds is 5. The molecule has 0 saturated heterocycles. The summed E-state index contributed by atoms with van der Waals surface area (Å²) in [7, 11) is -3.90. The number of nitrogens with two attached hydrogens (primary N) is 1. The van der Waals surface area contributed by atoms with Crippen molar-refractivity contribution in [3.8, 4) is 0 Å². The van der Waals surface area contributed by atoms with Gasteiger partial charge in [0.25, 0.3) is 6.43 Å². The zero-order valence-corrected chi connectivity index (χ0v) is 10.0. The first-order valence-electron chi connectivity index (χ1n) is 4.96. The van der Waals surface area contributed by atoms with Crippen LogP contribution in [0.1, 0.15) is 18.5 Å². The van der Waals surface area contributed by atoms with Crippen LogP contribution in [-0.2, 0) is 10.0 Å². The van der Waals surface area contributed by atoms with Crippen LogP contribution in [0.3, 0.4) is 0 Å². The first-order valence-corrected chi connectivity index (χ1v) is 6.44. The molecule has 1 aromatic rings. The van der Waals surface area contributed by atoms with E-state index in [0.717, 1.165) is 0 Å². The normalized spacial score (nSPS) is 13.9. The van der Waals surface area contributed by atoms with Crippen molar-refractivity contribution >= 4 is 10.0 Å². The summed E-state index contributed by atoms with van der Waals surface area (Å²) in [6, 6.07) is 5.59. The SMILES string of the molecule is CC(N)c1cccc(S(=O)(=O)NCC(F)F)c1. The van der Waals surface area contributed by atoms with Gasteiger partial charge in [-0.05, 0) is 24.6 Å². The van der Waals surface area contributed by atoms with Crippen LogP contribution in [0.2, 0.25) is 0 Å². The molecular formula is C10H14F2N2O2S. The number of alkyl halides is 2. The number of halogens is 2. The number of sulfonamides is 1. The molecule has 1 rings (SSSR count). The molecular weight excluding hydrogens is 250 g/mol. The average Bonchev–Trinajstić information content (AvgIpc) is 2.27. The highest BCUT2D eigenvalue weighted by molar-refractivity contribution is 7.89. The Bertz CT molecular complexity index is 475. The summed E-state index contributed by atoms with van der Waals surface area (Å²) in [6.45, 7) is 0.809. The van der Waals surface area contributed by atoms with E-state index in [-0.39, 0.29) is 10.9 Å². The minimum atomic E-state index is -3.90. The molecule has 3 N–H and O–H groups in total. The molecule has 1 atom stereocenters. The van der Waals surface area contributed by atoms with E-state index >= 15 is 0 Å². The maximum absolute atomic E-state index is 11.9. The van der Waals surface area contributed by atoms with Gasteiger partial charge in [0.2, 0.25) is 10.0 Å². The van der Waals surface area contributed by atoms with Crippen molar-refractivity contribution in [2.45, 2.75) is 24.3 Å². The van der Waals surface area contributed by atoms with Gasteiger partial charge in [0.15, 0.2) is 0 Å². The third kappa shape index (κ3) is 4.03. The molecule has 7 heteroatoms. The lowest BCUT2D eigenvalue weighted by Gasteiger charge is -2.09. The van der Waals surface area contributed by atoms with Crippen LogP contribution in [-0.4, -0.2) is 21.4 Å². The second-order valence-corrected chi connectivity index (χ2v) is 5.37. The number of benzene rings is 1. The summed E-state index contributed by atoms with van der Waals surface area (Å²) < 4.78 is 49.0. The Morgan fingerprint density at radius 2 is 2.06 bits per heavy atom. The van der Waals surface area contributed by atoms with E-state index in [2.05, 4.69) is 0 Å². The second kappa shape index (κ2) is 5.52. The predicted octanol–water partition coefficient (Wildman–Crippen LogP) is 1.25. The quantitative estimate of drug-likeness (QED) is 0.840. The molecule has 0 heterocycles. The third-order valence-corrected chi connectivity index (χ3v) is 3.54. The third-order valence-electron chi connectivity index (χ3n) is 2.12. The highest BCUT2D eigenvalue weighted by Gasteiger charge is 2.16. The zero-order chi connectivity index (χ0) is 13.1. The molecule has 1 unspecified atom stereocenters. The first kappa shape index (κ1) is 14.0. The summed E-state index contributed by atoms with van der Waals surface area (Å²) in [5.41, 5.74) is 6.24. The summed E-state index contributed by atoms with van der Waals surface area (Å²) in [4.78, 5) is -0.0621. The Morgan fingerprint density at radius 1 is 1.41 bits per heavy atom. The molecule has 0 spiro atoms. The molecule has 17 heavy (non-hydrogen) atoms. The topological polar surface area (TPSA) is 72.2 Å². The van der Waals surface area contributed by atoms with Crippen LogP contribution in [0.4, 0.5) is 8.78 Å². The fourth-order valence-electron chi connectivity index (χ4n) is 1.22. The van der Waals surface area contributed by atoms with E-state index < -0.39 is 23.0 Å². The van der Waals surface area contributed by atoms with Gasteiger partial charge in [-0.1, -0.05) is 12.1 Å². The fraction of sp³-hybridized carbons (Fsp3) is 0.400. The average molecular weight is 264 g/mol. The van der Waals surface area contributed by atoms with Gasteiger partial charge >= 0.3 is 0 Å². The molecule has 0 aliphatic rings. The first-order chi connectivity index (χ1) is 7.83. The molecule has 0 amide bonds. The molecule has 4 nitrogen and oxygen atoms in total. The van der Waals surface area contributed by atoms with Crippen LogP contribution in [0.15, 0.2) is 29.2 Å². The van der Waals surface area contributed by atoms with E-state index in [9.17, 15) is 17.2 Å². The Balaban J connectivity index is 2.95. The lowest BCUT2D eigenvalue weighted by Crippen LogP contribution is -2.28. The van der Waals surface area contributed by atoms with E-state index in [1.165, 1.54) is 18.2 Å². The Kier molecular flexibility index (Phi) is 4.55.